The molecule has 1 fully saturated rings. The van der Waals surface area contributed by atoms with Crippen molar-refractivity contribution in [1.29, 1.82) is 0 Å². The molecule has 0 bridgehead atoms. The van der Waals surface area contributed by atoms with Gasteiger partial charge in [0.25, 0.3) is 0 Å². The highest BCUT2D eigenvalue weighted by molar-refractivity contribution is 6.30. The molecule has 246 valence electrons. The van der Waals surface area contributed by atoms with Crippen molar-refractivity contribution in [2.75, 3.05) is 26.2 Å². The van der Waals surface area contributed by atoms with Crippen LogP contribution in [-0.2, 0) is 35.5 Å². The van der Waals surface area contributed by atoms with Crippen LogP contribution in [0.4, 0.5) is 4.79 Å². The topological polar surface area (TPSA) is 83.8 Å². The van der Waals surface area contributed by atoms with E-state index >= 15 is 4.79 Å². The molecule has 2 unspecified atom stereocenters. The first-order valence-electron chi connectivity index (χ1n) is 16.4. The quantitative estimate of drug-likeness (QED) is 0.226. The zero-order valence-electron chi connectivity index (χ0n) is 27.4. The second-order valence-corrected chi connectivity index (χ2v) is 13.8. The predicted octanol–water partition coefficient (Wildman–Crippen LogP) is 6.16. The van der Waals surface area contributed by atoms with Crippen molar-refractivity contribution in [3.05, 3.63) is 119 Å². The van der Waals surface area contributed by atoms with E-state index in [9.17, 15) is 4.79 Å². The number of benzene rings is 2. The van der Waals surface area contributed by atoms with Gasteiger partial charge in [-0.15, -0.1) is 0 Å². The largest absolute Gasteiger partial charge is 0.444 e. The monoisotopic (exact) mass is 654 g/mol. The fourth-order valence-corrected chi connectivity index (χ4v) is 6.88. The third-order valence-electron chi connectivity index (χ3n) is 8.87. The molecule has 1 saturated heterocycles. The van der Waals surface area contributed by atoms with Crippen LogP contribution in [-0.4, -0.2) is 79.1 Å². The van der Waals surface area contributed by atoms with Crippen molar-refractivity contribution >= 4 is 23.6 Å². The van der Waals surface area contributed by atoms with Gasteiger partial charge in [-0.2, -0.15) is 0 Å². The summed E-state index contributed by atoms with van der Waals surface area (Å²) < 4.78 is 7.83. The summed E-state index contributed by atoms with van der Waals surface area (Å²) in [7, 11) is 0. The van der Waals surface area contributed by atoms with Crippen LogP contribution in [0.5, 0.6) is 0 Å². The van der Waals surface area contributed by atoms with Crippen molar-refractivity contribution in [1.82, 2.24) is 29.2 Å². The van der Waals surface area contributed by atoms with Crippen LogP contribution < -0.4 is 0 Å². The first-order valence-corrected chi connectivity index (χ1v) is 16.8. The van der Waals surface area contributed by atoms with Gasteiger partial charge in [0.2, 0.25) is 5.91 Å². The maximum absolute atomic E-state index is 15.0. The molecule has 47 heavy (non-hydrogen) atoms. The molecule has 6 rings (SSSR count). The third kappa shape index (κ3) is 7.85. The Hall–Kier alpha value is -4.21. The summed E-state index contributed by atoms with van der Waals surface area (Å²) in [5.74, 6) is -0.0232. The maximum atomic E-state index is 15.0. The van der Waals surface area contributed by atoms with Crippen LogP contribution in [0.3, 0.4) is 0 Å². The lowest BCUT2D eigenvalue weighted by Crippen LogP contribution is -2.61. The summed E-state index contributed by atoms with van der Waals surface area (Å²) in [5.41, 5.74) is 4.77. The Morgan fingerprint density at radius 3 is 2.57 bits per heavy atom. The van der Waals surface area contributed by atoms with Crippen molar-refractivity contribution in [3.63, 3.8) is 0 Å². The molecule has 1 aliphatic heterocycles. The average molecular weight is 655 g/mol. The van der Waals surface area contributed by atoms with Crippen molar-refractivity contribution in [2.24, 2.45) is 0 Å². The number of amides is 2. The van der Waals surface area contributed by atoms with Crippen molar-refractivity contribution < 1.29 is 14.3 Å². The van der Waals surface area contributed by atoms with Gasteiger partial charge < -0.3 is 19.1 Å². The molecular weight excluding hydrogens is 612 g/mol. The summed E-state index contributed by atoms with van der Waals surface area (Å²) in [5, 5.41) is 0.690. The lowest BCUT2D eigenvalue weighted by Gasteiger charge is -2.46. The minimum absolute atomic E-state index is 0.0232. The number of aromatic nitrogens is 3. The summed E-state index contributed by atoms with van der Waals surface area (Å²) in [6.45, 7) is 8.46. The Labute approximate surface area is 282 Å². The molecule has 0 N–H and O–H groups in total. The molecule has 3 heterocycles. The van der Waals surface area contributed by atoms with Gasteiger partial charge >= 0.3 is 6.09 Å². The number of piperazine rings is 1. The van der Waals surface area contributed by atoms with E-state index in [0.29, 0.717) is 31.2 Å². The molecule has 0 spiro atoms. The van der Waals surface area contributed by atoms with Crippen LogP contribution >= 0.6 is 11.6 Å². The van der Waals surface area contributed by atoms with Crippen LogP contribution in [0, 0.1) is 0 Å². The highest BCUT2D eigenvalue weighted by atomic mass is 35.5. The molecule has 10 heteroatoms. The predicted molar refractivity (Wildman–Crippen MR) is 182 cm³/mol. The van der Waals surface area contributed by atoms with Crippen molar-refractivity contribution in [3.8, 4) is 0 Å². The van der Waals surface area contributed by atoms with Crippen LogP contribution in [0.25, 0.3) is 0 Å². The Bertz CT molecular complexity index is 1670. The summed E-state index contributed by atoms with van der Waals surface area (Å²) in [4.78, 5) is 43.5. The second-order valence-electron chi connectivity index (χ2n) is 13.4. The maximum Gasteiger partial charge on any atom is 0.410 e. The number of hydrogen-bond acceptors (Lipinski definition) is 6. The number of carbonyl (C=O) groups is 2. The Balaban J connectivity index is 1.39. The van der Waals surface area contributed by atoms with Crippen LogP contribution in [0.15, 0.2) is 85.6 Å². The molecule has 2 amide bonds. The second kappa shape index (κ2) is 14.3. The smallest absolute Gasteiger partial charge is 0.410 e. The molecular formula is C37H43ClN6O3. The number of pyridine rings is 1. The molecule has 9 nitrogen and oxygen atoms in total. The number of aryl methyl sites for hydroxylation is 3. The minimum atomic E-state index is -0.650. The van der Waals surface area contributed by atoms with Crippen LogP contribution in [0.2, 0.25) is 5.02 Å². The summed E-state index contributed by atoms with van der Waals surface area (Å²) in [6.07, 6.45) is 9.34. The lowest BCUT2D eigenvalue weighted by molar-refractivity contribution is -0.141. The number of halogens is 1. The number of fused-ring (bicyclic) bond motifs is 2. The number of ether oxygens (including phenoxy) is 1. The van der Waals surface area contributed by atoms with Gasteiger partial charge in [-0.05, 0) is 80.5 Å². The van der Waals surface area contributed by atoms with Gasteiger partial charge in [0, 0.05) is 62.9 Å². The van der Waals surface area contributed by atoms with E-state index in [1.165, 1.54) is 0 Å². The van der Waals surface area contributed by atoms with Gasteiger partial charge in [-0.3, -0.25) is 14.7 Å². The van der Waals surface area contributed by atoms with E-state index in [1.54, 1.807) is 17.4 Å². The average Bonchev–Trinajstić information content (AvgIpc) is 3.52. The van der Waals surface area contributed by atoms with Gasteiger partial charge in [0.15, 0.2) is 0 Å². The van der Waals surface area contributed by atoms with Gasteiger partial charge in [-0.1, -0.05) is 54.1 Å². The number of hydrogen-bond donors (Lipinski definition) is 0. The SMILES string of the molecule is CC(C)(C)OC(=O)N1CCN(C2c3ccc(Cl)cc3CCc3cccnc32)C(C(=O)N(CCCn2ccnc2)Cc2ccccc2)C1. The first kappa shape index (κ1) is 32.7. The normalized spacial score (nSPS) is 18.2. The van der Waals surface area contributed by atoms with Gasteiger partial charge in [-0.25, -0.2) is 9.78 Å². The molecule has 0 radical (unpaired) electrons. The molecule has 4 aromatic rings. The van der Waals surface area contributed by atoms with E-state index in [4.69, 9.17) is 21.3 Å². The highest BCUT2D eigenvalue weighted by Gasteiger charge is 2.43. The fraction of sp³-hybridized carbons (Fsp3) is 0.405. The zero-order chi connectivity index (χ0) is 33.0. The van der Waals surface area contributed by atoms with E-state index in [-0.39, 0.29) is 18.5 Å². The zero-order valence-corrected chi connectivity index (χ0v) is 28.1. The Morgan fingerprint density at radius 1 is 1.00 bits per heavy atom. The van der Waals surface area contributed by atoms with E-state index in [1.807, 2.05) is 91.2 Å². The molecule has 0 saturated carbocycles. The molecule has 2 atom stereocenters. The Morgan fingerprint density at radius 2 is 1.81 bits per heavy atom. The van der Waals surface area contributed by atoms with E-state index in [2.05, 4.69) is 22.0 Å². The lowest BCUT2D eigenvalue weighted by atomic mass is 9.94. The molecule has 2 aromatic carbocycles. The standard InChI is InChI=1S/C37H43ClN6O3/c1-37(2,3)47-36(46)43-21-22-44(34-31-15-14-30(38)23-29(31)13-12-28-11-7-16-40-33(28)34)32(25-43)35(45)42(24-27-9-5-4-6-10-27)19-8-18-41-20-17-39-26-41/h4-7,9-11,14-17,20,23,26,32,34H,8,12-13,18-19,21-22,24-25H2,1-3H3. The Kier molecular flexibility index (Phi) is 9.94. The number of nitrogens with zero attached hydrogens (tertiary/aromatic N) is 6. The first-order chi connectivity index (χ1) is 22.7. The van der Waals surface area contributed by atoms with Gasteiger partial charge in [0.1, 0.15) is 11.6 Å². The number of rotatable bonds is 8. The van der Waals surface area contributed by atoms with Crippen molar-refractivity contribution in [2.45, 2.75) is 70.8 Å². The van der Waals surface area contributed by atoms with E-state index in [0.717, 1.165) is 53.8 Å². The van der Waals surface area contributed by atoms with Gasteiger partial charge in [0.05, 0.1) is 18.1 Å². The van der Waals surface area contributed by atoms with Crippen LogP contribution in [0.1, 0.15) is 61.2 Å². The molecule has 1 aliphatic carbocycles. The molecule has 2 aliphatic rings. The highest BCUT2D eigenvalue weighted by Crippen LogP contribution is 2.39. The van der Waals surface area contributed by atoms with E-state index < -0.39 is 17.7 Å². The summed E-state index contributed by atoms with van der Waals surface area (Å²) >= 11 is 6.51. The number of imidazole rings is 1. The number of carbonyl (C=O) groups excluding carboxylic acids is 2. The third-order valence-corrected chi connectivity index (χ3v) is 9.11. The minimum Gasteiger partial charge on any atom is -0.444 e. The summed E-state index contributed by atoms with van der Waals surface area (Å²) in [6, 6.07) is 19.3. The molecule has 2 aromatic heterocycles. The fourth-order valence-electron chi connectivity index (χ4n) is 6.68.